The zero-order valence-electron chi connectivity index (χ0n) is 11.4. The minimum absolute atomic E-state index is 0.103. The number of halogens is 1. The SMILES string of the molecule is C[C@@H](Nc1nnnn1-c1ccccc1)c1ccc(Br)cc1. The van der Waals surface area contributed by atoms with Crippen LogP contribution in [0.2, 0.25) is 0 Å². The normalized spacial score (nSPS) is 12.1. The first kappa shape index (κ1) is 13.8. The van der Waals surface area contributed by atoms with Gasteiger partial charge >= 0.3 is 0 Å². The fourth-order valence-corrected chi connectivity index (χ4v) is 2.31. The third kappa shape index (κ3) is 3.11. The number of anilines is 1. The van der Waals surface area contributed by atoms with Crippen molar-refractivity contribution in [1.82, 2.24) is 20.2 Å². The molecule has 0 spiro atoms. The maximum absolute atomic E-state index is 4.06. The Morgan fingerprint density at radius 2 is 1.76 bits per heavy atom. The predicted molar refractivity (Wildman–Crippen MR) is 85.3 cm³/mol. The molecule has 6 heteroatoms. The van der Waals surface area contributed by atoms with Crippen molar-refractivity contribution in [3.05, 3.63) is 64.6 Å². The van der Waals surface area contributed by atoms with Crippen LogP contribution >= 0.6 is 15.9 Å². The van der Waals surface area contributed by atoms with E-state index in [1.165, 1.54) is 5.56 Å². The Balaban J connectivity index is 1.83. The van der Waals surface area contributed by atoms with E-state index >= 15 is 0 Å². The highest BCUT2D eigenvalue weighted by molar-refractivity contribution is 9.10. The van der Waals surface area contributed by atoms with E-state index in [0.717, 1.165) is 10.2 Å². The topological polar surface area (TPSA) is 55.6 Å². The summed E-state index contributed by atoms with van der Waals surface area (Å²) in [6, 6.07) is 18.1. The maximum Gasteiger partial charge on any atom is 0.248 e. The van der Waals surface area contributed by atoms with E-state index < -0.39 is 0 Å². The summed E-state index contributed by atoms with van der Waals surface area (Å²) in [7, 11) is 0. The lowest BCUT2D eigenvalue weighted by atomic mass is 10.1. The van der Waals surface area contributed by atoms with Gasteiger partial charge in [0.25, 0.3) is 0 Å². The van der Waals surface area contributed by atoms with E-state index in [2.05, 4.69) is 55.8 Å². The molecule has 0 aliphatic heterocycles. The number of aromatic nitrogens is 4. The number of tetrazole rings is 1. The molecule has 0 aliphatic rings. The van der Waals surface area contributed by atoms with Gasteiger partial charge in [0.15, 0.2) is 0 Å². The summed E-state index contributed by atoms with van der Waals surface area (Å²) in [6.07, 6.45) is 0. The molecule has 3 rings (SSSR count). The van der Waals surface area contributed by atoms with Crippen LogP contribution in [0.1, 0.15) is 18.5 Å². The number of rotatable bonds is 4. The van der Waals surface area contributed by atoms with Crippen LogP contribution in [0.3, 0.4) is 0 Å². The zero-order valence-corrected chi connectivity index (χ0v) is 13.0. The Hall–Kier alpha value is -2.21. The Morgan fingerprint density at radius 1 is 1.05 bits per heavy atom. The number of hydrogen-bond donors (Lipinski definition) is 1. The van der Waals surface area contributed by atoms with Crippen molar-refractivity contribution in [2.24, 2.45) is 0 Å². The van der Waals surface area contributed by atoms with E-state index in [-0.39, 0.29) is 6.04 Å². The molecule has 0 saturated carbocycles. The third-order valence-electron chi connectivity index (χ3n) is 3.19. The van der Waals surface area contributed by atoms with E-state index in [4.69, 9.17) is 0 Å². The highest BCUT2D eigenvalue weighted by atomic mass is 79.9. The van der Waals surface area contributed by atoms with Crippen LogP contribution in [0.25, 0.3) is 5.69 Å². The lowest BCUT2D eigenvalue weighted by Gasteiger charge is -2.14. The van der Waals surface area contributed by atoms with E-state index in [0.29, 0.717) is 5.95 Å². The molecule has 5 nitrogen and oxygen atoms in total. The summed E-state index contributed by atoms with van der Waals surface area (Å²) >= 11 is 3.44. The second-order valence-electron chi connectivity index (χ2n) is 4.67. The number of benzene rings is 2. The lowest BCUT2D eigenvalue weighted by molar-refractivity contribution is 0.780. The van der Waals surface area contributed by atoms with E-state index in [9.17, 15) is 0 Å². The Kier molecular flexibility index (Phi) is 3.96. The first-order valence-electron chi connectivity index (χ1n) is 6.60. The Labute approximate surface area is 131 Å². The van der Waals surface area contributed by atoms with Gasteiger partial charge < -0.3 is 5.32 Å². The minimum Gasteiger partial charge on any atom is -0.346 e. The molecule has 2 aromatic carbocycles. The fraction of sp³-hybridized carbons (Fsp3) is 0.133. The van der Waals surface area contributed by atoms with Gasteiger partial charge in [0.1, 0.15) is 0 Å². The van der Waals surface area contributed by atoms with Crippen molar-refractivity contribution >= 4 is 21.9 Å². The van der Waals surface area contributed by atoms with Gasteiger partial charge in [0.2, 0.25) is 5.95 Å². The van der Waals surface area contributed by atoms with Crippen molar-refractivity contribution in [2.45, 2.75) is 13.0 Å². The molecule has 21 heavy (non-hydrogen) atoms. The van der Waals surface area contributed by atoms with E-state index in [1.807, 2.05) is 42.5 Å². The highest BCUT2D eigenvalue weighted by Gasteiger charge is 2.12. The van der Waals surface area contributed by atoms with Crippen molar-refractivity contribution in [1.29, 1.82) is 0 Å². The number of hydrogen-bond acceptors (Lipinski definition) is 4. The third-order valence-corrected chi connectivity index (χ3v) is 3.71. The molecule has 1 atom stereocenters. The van der Waals surface area contributed by atoms with Gasteiger partial charge in [0.05, 0.1) is 11.7 Å². The molecular weight excluding hydrogens is 330 g/mol. The van der Waals surface area contributed by atoms with Gasteiger partial charge in [-0.1, -0.05) is 51.4 Å². The summed E-state index contributed by atoms with van der Waals surface area (Å²) in [5, 5.41) is 15.2. The monoisotopic (exact) mass is 343 g/mol. The molecule has 0 radical (unpaired) electrons. The van der Waals surface area contributed by atoms with Crippen molar-refractivity contribution < 1.29 is 0 Å². The standard InChI is InChI=1S/C15H14BrN5/c1-11(12-7-9-13(16)10-8-12)17-15-18-19-20-21(15)14-5-3-2-4-6-14/h2-11H,1H3,(H,17,18,20)/t11-/m1/s1. The first-order chi connectivity index (χ1) is 10.2. The first-order valence-corrected chi connectivity index (χ1v) is 7.39. The molecular formula is C15H14BrN5. The Bertz CT molecular complexity index is 708. The van der Waals surface area contributed by atoms with Crippen LogP contribution in [0.4, 0.5) is 5.95 Å². The molecule has 0 fully saturated rings. The van der Waals surface area contributed by atoms with E-state index in [1.54, 1.807) is 4.68 Å². The lowest BCUT2D eigenvalue weighted by Crippen LogP contribution is -2.11. The highest BCUT2D eigenvalue weighted by Crippen LogP contribution is 2.21. The van der Waals surface area contributed by atoms with Crippen LogP contribution in [-0.2, 0) is 0 Å². The summed E-state index contributed by atoms with van der Waals surface area (Å²) in [5.74, 6) is 0.622. The Morgan fingerprint density at radius 3 is 2.48 bits per heavy atom. The molecule has 1 N–H and O–H groups in total. The van der Waals surface area contributed by atoms with Gasteiger partial charge in [-0.05, 0) is 47.2 Å². The average molecular weight is 344 g/mol. The van der Waals surface area contributed by atoms with Gasteiger partial charge in [-0.15, -0.1) is 0 Å². The van der Waals surface area contributed by atoms with Crippen LogP contribution in [0.15, 0.2) is 59.1 Å². The van der Waals surface area contributed by atoms with Crippen LogP contribution < -0.4 is 5.32 Å². The maximum atomic E-state index is 4.06. The second kappa shape index (κ2) is 6.05. The number of nitrogens with zero attached hydrogens (tertiary/aromatic N) is 4. The van der Waals surface area contributed by atoms with Crippen LogP contribution in [0, 0.1) is 0 Å². The molecule has 3 aromatic rings. The fourth-order valence-electron chi connectivity index (χ4n) is 2.05. The molecule has 1 aromatic heterocycles. The van der Waals surface area contributed by atoms with Gasteiger partial charge in [-0.25, -0.2) is 0 Å². The number of para-hydroxylation sites is 1. The molecule has 0 saturated heterocycles. The molecule has 1 heterocycles. The molecule has 0 unspecified atom stereocenters. The summed E-state index contributed by atoms with van der Waals surface area (Å²) in [5.41, 5.74) is 2.09. The molecule has 0 aliphatic carbocycles. The van der Waals surface area contributed by atoms with Crippen molar-refractivity contribution in [3.63, 3.8) is 0 Å². The van der Waals surface area contributed by atoms with Crippen LogP contribution in [-0.4, -0.2) is 20.2 Å². The smallest absolute Gasteiger partial charge is 0.248 e. The van der Waals surface area contributed by atoms with Crippen molar-refractivity contribution in [3.8, 4) is 5.69 Å². The molecule has 0 bridgehead atoms. The summed E-state index contributed by atoms with van der Waals surface area (Å²) < 4.78 is 2.75. The van der Waals surface area contributed by atoms with Crippen LogP contribution in [0.5, 0.6) is 0 Å². The van der Waals surface area contributed by atoms with Gasteiger partial charge in [-0.2, -0.15) is 4.68 Å². The zero-order chi connectivity index (χ0) is 14.7. The second-order valence-corrected chi connectivity index (χ2v) is 5.58. The molecule has 106 valence electrons. The predicted octanol–water partition coefficient (Wildman–Crippen LogP) is 3.60. The van der Waals surface area contributed by atoms with Gasteiger partial charge in [0, 0.05) is 4.47 Å². The summed E-state index contributed by atoms with van der Waals surface area (Å²) in [6.45, 7) is 2.08. The average Bonchev–Trinajstić information content (AvgIpc) is 2.97. The quantitative estimate of drug-likeness (QED) is 0.786. The molecule has 0 amide bonds. The largest absolute Gasteiger partial charge is 0.346 e. The van der Waals surface area contributed by atoms with Crippen molar-refractivity contribution in [2.75, 3.05) is 5.32 Å². The minimum atomic E-state index is 0.103. The number of nitrogens with one attached hydrogen (secondary N) is 1. The van der Waals surface area contributed by atoms with Gasteiger partial charge in [-0.3, -0.25) is 0 Å². The summed E-state index contributed by atoms with van der Waals surface area (Å²) in [4.78, 5) is 0.